The first kappa shape index (κ1) is 12.7. The van der Waals surface area contributed by atoms with Crippen LogP contribution in [0, 0.1) is 0 Å². The van der Waals surface area contributed by atoms with Gasteiger partial charge in [0.25, 0.3) is 0 Å². The second kappa shape index (κ2) is 5.25. The van der Waals surface area contributed by atoms with Gasteiger partial charge in [-0.25, -0.2) is 13.1 Å². The van der Waals surface area contributed by atoms with Gasteiger partial charge < -0.3 is 9.63 Å². The molecular formula is C10H11N3O4S. The molecule has 0 saturated heterocycles. The highest BCUT2D eigenvalue weighted by molar-refractivity contribution is 7.89. The third-order valence-corrected chi connectivity index (χ3v) is 3.66. The van der Waals surface area contributed by atoms with E-state index < -0.39 is 10.0 Å². The molecule has 0 atom stereocenters. The van der Waals surface area contributed by atoms with Crippen LogP contribution in [0.1, 0.15) is 11.4 Å². The molecule has 0 fully saturated rings. The Morgan fingerprint density at radius 2 is 2.00 bits per heavy atom. The van der Waals surface area contributed by atoms with Crippen molar-refractivity contribution in [2.24, 2.45) is 0 Å². The normalized spacial score (nSPS) is 11.6. The van der Waals surface area contributed by atoms with E-state index in [0.717, 1.165) is 6.39 Å². The smallest absolute Gasteiger partial charge is 0.240 e. The molecule has 0 aliphatic carbocycles. The number of benzene rings is 1. The van der Waals surface area contributed by atoms with Gasteiger partial charge >= 0.3 is 0 Å². The molecule has 0 aliphatic rings. The van der Waals surface area contributed by atoms with Crippen molar-refractivity contribution in [3.05, 3.63) is 42.0 Å². The van der Waals surface area contributed by atoms with Crippen molar-refractivity contribution >= 4 is 10.0 Å². The molecule has 2 aromatic rings. The van der Waals surface area contributed by atoms with Crippen LogP contribution in [0.2, 0.25) is 0 Å². The Kier molecular flexibility index (Phi) is 3.70. The first-order valence-electron chi connectivity index (χ1n) is 5.06. The van der Waals surface area contributed by atoms with E-state index in [1.165, 1.54) is 12.1 Å². The van der Waals surface area contributed by atoms with Crippen molar-refractivity contribution in [2.45, 2.75) is 18.0 Å². The van der Waals surface area contributed by atoms with E-state index in [1.807, 2.05) is 0 Å². The summed E-state index contributed by atoms with van der Waals surface area (Å²) in [6, 6.07) is 5.93. The molecule has 1 aromatic heterocycles. The number of aromatic nitrogens is 2. The fraction of sp³-hybridized carbons (Fsp3) is 0.200. The molecule has 0 unspecified atom stereocenters. The molecule has 0 saturated carbocycles. The van der Waals surface area contributed by atoms with Gasteiger partial charge in [0.2, 0.25) is 16.4 Å². The lowest BCUT2D eigenvalue weighted by Crippen LogP contribution is -2.23. The molecule has 1 aromatic carbocycles. The van der Waals surface area contributed by atoms with E-state index in [1.54, 1.807) is 12.1 Å². The minimum absolute atomic E-state index is 0.0411. The van der Waals surface area contributed by atoms with Crippen LogP contribution in [0.4, 0.5) is 0 Å². The molecule has 7 nitrogen and oxygen atoms in total. The topological polar surface area (TPSA) is 105 Å². The van der Waals surface area contributed by atoms with E-state index in [0.29, 0.717) is 5.56 Å². The summed E-state index contributed by atoms with van der Waals surface area (Å²) in [6.45, 7) is -0.169. The number of aliphatic hydroxyl groups excluding tert-OH is 1. The molecule has 2 rings (SSSR count). The van der Waals surface area contributed by atoms with Crippen molar-refractivity contribution in [1.29, 1.82) is 0 Å². The van der Waals surface area contributed by atoms with Gasteiger partial charge in [-0.05, 0) is 17.7 Å². The molecule has 0 aliphatic heterocycles. The minimum atomic E-state index is -3.61. The second-order valence-corrected chi connectivity index (χ2v) is 5.24. The van der Waals surface area contributed by atoms with Crippen LogP contribution in [0.5, 0.6) is 0 Å². The van der Waals surface area contributed by atoms with Gasteiger partial charge in [-0.3, -0.25) is 0 Å². The van der Waals surface area contributed by atoms with E-state index in [4.69, 9.17) is 5.11 Å². The average Bonchev–Trinajstić information content (AvgIpc) is 2.90. The van der Waals surface area contributed by atoms with Crippen LogP contribution in [0.15, 0.2) is 40.1 Å². The number of nitrogens with zero attached hydrogens (tertiary/aromatic N) is 2. The van der Waals surface area contributed by atoms with Crippen LogP contribution in [0.25, 0.3) is 0 Å². The van der Waals surface area contributed by atoms with Crippen LogP contribution in [0.3, 0.4) is 0 Å². The van der Waals surface area contributed by atoms with Gasteiger partial charge in [0.15, 0.2) is 5.82 Å². The van der Waals surface area contributed by atoms with E-state index in [2.05, 4.69) is 19.4 Å². The van der Waals surface area contributed by atoms with Gasteiger partial charge in [-0.15, -0.1) is 0 Å². The molecular weight excluding hydrogens is 258 g/mol. The Hall–Kier alpha value is -1.77. The van der Waals surface area contributed by atoms with Crippen molar-refractivity contribution in [3.8, 4) is 0 Å². The standard InChI is InChI=1S/C10H11N3O4S/c14-6-8-1-3-9(4-2-8)18(15,16)12-5-10-11-7-17-13-10/h1-4,7,12,14H,5-6H2. The Labute approximate surface area is 104 Å². The summed E-state index contributed by atoms with van der Waals surface area (Å²) >= 11 is 0. The highest BCUT2D eigenvalue weighted by Crippen LogP contribution is 2.10. The van der Waals surface area contributed by atoms with E-state index >= 15 is 0 Å². The van der Waals surface area contributed by atoms with Crippen LogP contribution in [-0.2, 0) is 23.2 Å². The summed E-state index contributed by atoms with van der Waals surface area (Å²) in [4.78, 5) is 3.82. The zero-order chi connectivity index (χ0) is 13.0. The predicted molar refractivity (Wildman–Crippen MR) is 60.7 cm³/mol. The highest BCUT2D eigenvalue weighted by Gasteiger charge is 2.14. The van der Waals surface area contributed by atoms with E-state index in [-0.39, 0.29) is 23.9 Å². The molecule has 18 heavy (non-hydrogen) atoms. The SMILES string of the molecule is O=S(=O)(NCc1ncon1)c1ccc(CO)cc1. The zero-order valence-electron chi connectivity index (χ0n) is 9.28. The summed E-state index contributed by atoms with van der Waals surface area (Å²) < 4.78 is 30.6. The Balaban J connectivity index is 2.09. The molecule has 0 bridgehead atoms. The van der Waals surface area contributed by atoms with Crippen molar-refractivity contribution in [1.82, 2.24) is 14.9 Å². The fourth-order valence-corrected chi connectivity index (χ4v) is 2.27. The fourth-order valence-electron chi connectivity index (χ4n) is 1.29. The summed E-state index contributed by atoms with van der Waals surface area (Å²) in [5.74, 6) is 0.255. The molecule has 8 heteroatoms. The average molecular weight is 269 g/mol. The van der Waals surface area contributed by atoms with Crippen molar-refractivity contribution in [3.63, 3.8) is 0 Å². The lowest BCUT2D eigenvalue weighted by molar-refractivity contribution is 0.282. The largest absolute Gasteiger partial charge is 0.392 e. The number of hydrogen-bond donors (Lipinski definition) is 2. The summed E-state index contributed by atoms with van der Waals surface area (Å²) in [5, 5.41) is 12.4. The highest BCUT2D eigenvalue weighted by atomic mass is 32.2. The first-order chi connectivity index (χ1) is 8.62. The van der Waals surface area contributed by atoms with Gasteiger partial charge in [0, 0.05) is 0 Å². The Morgan fingerprint density at radius 3 is 2.56 bits per heavy atom. The summed E-state index contributed by atoms with van der Waals surface area (Å²) in [7, 11) is -3.61. The van der Waals surface area contributed by atoms with Gasteiger partial charge in [-0.1, -0.05) is 17.3 Å². The summed E-state index contributed by atoms with van der Waals surface area (Å²) in [5.41, 5.74) is 0.645. The quantitative estimate of drug-likeness (QED) is 0.794. The Morgan fingerprint density at radius 1 is 1.28 bits per heavy atom. The summed E-state index contributed by atoms with van der Waals surface area (Å²) in [6.07, 6.45) is 1.12. The maximum Gasteiger partial charge on any atom is 0.240 e. The minimum Gasteiger partial charge on any atom is -0.392 e. The number of rotatable bonds is 5. The monoisotopic (exact) mass is 269 g/mol. The zero-order valence-corrected chi connectivity index (χ0v) is 10.1. The predicted octanol–water partition coefficient (Wildman–Crippen LogP) is 0.0404. The van der Waals surface area contributed by atoms with Gasteiger partial charge in [-0.2, -0.15) is 4.98 Å². The molecule has 0 radical (unpaired) electrons. The van der Waals surface area contributed by atoms with Gasteiger partial charge in [0.05, 0.1) is 18.0 Å². The molecule has 0 spiro atoms. The molecule has 96 valence electrons. The van der Waals surface area contributed by atoms with Crippen LogP contribution >= 0.6 is 0 Å². The third kappa shape index (κ3) is 2.92. The second-order valence-electron chi connectivity index (χ2n) is 3.47. The number of hydrogen-bond acceptors (Lipinski definition) is 6. The number of aliphatic hydroxyl groups is 1. The molecule has 0 amide bonds. The number of sulfonamides is 1. The van der Waals surface area contributed by atoms with Crippen LogP contribution < -0.4 is 4.72 Å². The lowest BCUT2D eigenvalue weighted by atomic mass is 10.2. The van der Waals surface area contributed by atoms with Crippen molar-refractivity contribution < 1.29 is 18.0 Å². The molecule has 1 heterocycles. The van der Waals surface area contributed by atoms with E-state index in [9.17, 15) is 8.42 Å². The number of nitrogens with one attached hydrogen (secondary N) is 1. The van der Waals surface area contributed by atoms with Crippen LogP contribution in [-0.4, -0.2) is 23.7 Å². The Bertz CT molecular complexity index is 593. The van der Waals surface area contributed by atoms with Crippen molar-refractivity contribution in [2.75, 3.05) is 0 Å². The third-order valence-electron chi connectivity index (χ3n) is 2.24. The maximum atomic E-state index is 11.9. The maximum absolute atomic E-state index is 11.9. The lowest BCUT2D eigenvalue weighted by Gasteiger charge is -2.05. The first-order valence-corrected chi connectivity index (χ1v) is 6.55. The van der Waals surface area contributed by atoms with Gasteiger partial charge in [0.1, 0.15) is 0 Å². The molecule has 2 N–H and O–H groups in total.